The van der Waals surface area contributed by atoms with E-state index < -0.39 is 12.0 Å². The van der Waals surface area contributed by atoms with Gasteiger partial charge < -0.3 is 23.7 Å². The molecule has 1 aromatic heterocycles. The van der Waals surface area contributed by atoms with E-state index in [1.165, 1.54) is 11.3 Å². The molecule has 0 aliphatic carbocycles. The first-order valence-electron chi connectivity index (χ1n) is 15.3. The van der Waals surface area contributed by atoms with Crippen LogP contribution in [0.3, 0.4) is 0 Å². The van der Waals surface area contributed by atoms with Gasteiger partial charge in [0.05, 0.1) is 43.2 Å². The molecule has 5 rings (SSSR count). The lowest BCUT2D eigenvalue weighted by atomic mass is 9.93. The van der Waals surface area contributed by atoms with E-state index in [0.29, 0.717) is 68.8 Å². The molecule has 0 bridgehead atoms. The summed E-state index contributed by atoms with van der Waals surface area (Å²) in [5.41, 5.74) is 3.00. The third kappa shape index (κ3) is 6.87. The van der Waals surface area contributed by atoms with Crippen molar-refractivity contribution in [1.82, 2.24) is 4.57 Å². The molecule has 3 aromatic carbocycles. The molecule has 0 N–H and O–H groups in total. The summed E-state index contributed by atoms with van der Waals surface area (Å²) in [5, 5.41) is 0. The smallest absolute Gasteiger partial charge is 0.338 e. The van der Waals surface area contributed by atoms with Crippen molar-refractivity contribution in [2.24, 2.45) is 4.99 Å². The fourth-order valence-corrected chi connectivity index (χ4v) is 6.38. The second kappa shape index (κ2) is 15.0. The van der Waals surface area contributed by atoms with Gasteiger partial charge in [-0.15, -0.1) is 0 Å². The quantitative estimate of drug-likeness (QED) is 0.176. The van der Waals surface area contributed by atoms with Crippen molar-refractivity contribution in [2.45, 2.75) is 46.3 Å². The molecular formula is C36H38N2O7S. The molecule has 0 unspecified atom stereocenters. The number of carbonyl (C=O) groups is 1. The number of benzene rings is 3. The van der Waals surface area contributed by atoms with Crippen LogP contribution in [0.4, 0.5) is 0 Å². The predicted molar refractivity (Wildman–Crippen MR) is 178 cm³/mol. The van der Waals surface area contributed by atoms with Gasteiger partial charge in [-0.1, -0.05) is 61.1 Å². The zero-order valence-corrected chi connectivity index (χ0v) is 27.5. The number of hydrogen-bond acceptors (Lipinski definition) is 9. The molecule has 9 nitrogen and oxygen atoms in total. The van der Waals surface area contributed by atoms with E-state index in [1.54, 1.807) is 50.0 Å². The van der Waals surface area contributed by atoms with Crippen molar-refractivity contribution >= 4 is 23.4 Å². The van der Waals surface area contributed by atoms with Gasteiger partial charge in [0.15, 0.2) is 16.3 Å². The second-order valence-corrected chi connectivity index (χ2v) is 11.4. The highest BCUT2D eigenvalue weighted by Crippen LogP contribution is 2.39. The fraction of sp³-hybridized carbons (Fsp3) is 0.306. The van der Waals surface area contributed by atoms with Crippen LogP contribution in [0.25, 0.3) is 6.08 Å². The van der Waals surface area contributed by atoms with Crippen molar-refractivity contribution in [3.8, 4) is 23.0 Å². The van der Waals surface area contributed by atoms with Crippen LogP contribution >= 0.6 is 11.3 Å². The first-order chi connectivity index (χ1) is 22.4. The summed E-state index contributed by atoms with van der Waals surface area (Å²) in [4.78, 5) is 33.2. The number of aromatic nitrogens is 1. The van der Waals surface area contributed by atoms with Gasteiger partial charge in [0.25, 0.3) is 5.56 Å². The molecule has 0 saturated heterocycles. The molecule has 10 heteroatoms. The Morgan fingerprint density at radius 2 is 1.70 bits per heavy atom. The zero-order chi connectivity index (χ0) is 32.6. The van der Waals surface area contributed by atoms with Gasteiger partial charge in [-0.3, -0.25) is 9.36 Å². The fourth-order valence-electron chi connectivity index (χ4n) is 5.36. The lowest BCUT2D eigenvalue weighted by Crippen LogP contribution is -2.40. The molecule has 1 aliphatic heterocycles. The van der Waals surface area contributed by atoms with Crippen LogP contribution in [0.5, 0.6) is 23.0 Å². The van der Waals surface area contributed by atoms with E-state index in [-0.39, 0.29) is 12.2 Å². The molecule has 2 heterocycles. The van der Waals surface area contributed by atoms with Crippen LogP contribution in [0.1, 0.15) is 56.3 Å². The highest BCUT2D eigenvalue weighted by Gasteiger charge is 2.36. The Bertz CT molecular complexity index is 1910. The molecule has 46 heavy (non-hydrogen) atoms. The maximum atomic E-state index is 14.3. The summed E-state index contributed by atoms with van der Waals surface area (Å²) in [6.45, 7) is 6.71. The highest BCUT2D eigenvalue weighted by atomic mass is 32.1. The van der Waals surface area contributed by atoms with Gasteiger partial charge >= 0.3 is 5.97 Å². The third-order valence-corrected chi connectivity index (χ3v) is 8.41. The molecule has 4 aromatic rings. The number of thiazole rings is 1. The van der Waals surface area contributed by atoms with E-state index in [1.807, 2.05) is 62.4 Å². The zero-order valence-electron chi connectivity index (χ0n) is 26.7. The van der Waals surface area contributed by atoms with Crippen LogP contribution < -0.4 is 33.8 Å². The SMILES string of the molecule is CCCC1=C(C(=O)OCC)[C@H](c2cc(OC)ccc2OC)n2c(s/c(=C\c3ccc(OCc4ccccc4)c(OCC)c3)c2=O)=N1. The third-order valence-electron chi connectivity index (χ3n) is 7.43. The van der Waals surface area contributed by atoms with Crippen LogP contribution in [-0.2, 0) is 16.1 Å². The van der Waals surface area contributed by atoms with E-state index in [2.05, 4.69) is 0 Å². The Labute approximate surface area is 272 Å². The lowest BCUT2D eigenvalue weighted by molar-refractivity contribution is -0.139. The Kier molecular flexibility index (Phi) is 10.6. The standard InChI is InChI=1S/C36H38N2O7S/c1-6-12-27-32(35(40)44-8-3)33(26-21-25(41-4)16-18-28(26)42-5)38-34(39)31(46-36(38)37-27)20-24-15-17-29(30(19-24)43-7-2)45-22-23-13-10-9-11-14-23/h9-11,13-21,33H,6-8,12,22H2,1-5H3/b31-20-/t33-/m0/s1. The normalized spacial score (nSPS) is 14.4. The number of allylic oxidation sites excluding steroid dienone is 1. The molecule has 1 atom stereocenters. The maximum Gasteiger partial charge on any atom is 0.338 e. The van der Waals surface area contributed by atoms with Gasteiger partial charge in [-0.05, 0) is 67.8 Å². The van der Waals surface area contributed by atoms with Crippen LogP contribution in [0, 0.1) is 0 Å². The van der Waals surface area contributed by atoms with Gasteiger partial charge in [-0.25, -0.2) is 9.79 Å². The molecule has 0 fully saturated rings. The summed E-state index contributed by atoms with van der Waals surface area (Å²) in [5.74, 6) is 1.73. The second-order valence-electron chi connectivity index (χ2n) is 10.4. The van der Waals surface area contributed by atoms with E-state index in [0.717, 1.165) is 17.5 Å². The number of esters is 1. The molecule has 0 saturated carbocycles. The highest BCUT2D eigenvalue weighted by molar-refractivity contribution is 7.07. The summed E-state index contributed by atoms with van der Waals surface area (Å²) >= 11 is 1.26. The minimum Gasteiger partial charge on any atom is -0.497 e. The van der Waals surface area contributed by atoms with Crippen molar-refractivity contribution in [1.29, 1.82) is 0 Å². The van der Waals surface area contributed by atoms with Crippen LogP contribution in [0.2, 0.25) is 0 Å². The molecular weight excluding hydrogens is 604 g/mol. The largest absolute Gasteiger partial charge is 0.497 e. The Morgan fingerprint density at radius 1 is 0.913 bits per heavy atom. The number of rotatable bonds is 13. The van der Waals surface area contributed by atoms with Crippen molar-refractivity contribution in [2.75, 3.05) is 27.4 Å². The minimum atomic E-state index is -0.836. The van der Waals surface area contributed by atoms with E-state index >= 15 is 0 Å². The lowest BCUT2D eigenvalue weighted by Gasteiger charge is -2.27. The number of hydrogen-bond donors (Lipinski definition) is 0. The molecule has 0 amide bonds. The van der Waals surface area contributed by atoms with E-state index in [4.69, 9.17) is 28.7 Å². The minimum absolute atomic E-state index is 0.182. The topological polar surface area (TPSA) is 97.6 Å². The van der Waals surface area contributed by atoms with Crippen LogP contribution in [-0.4, -0.2) is 38.0 Å². The Hall–Kier alpha value is -4.83. The molecule has 0 spiro atoms. The van der Waals surface area contributed by atoms with Crippen molar-refractivity contribution < 1.29 is 28.5 Å². The van der Waals surface area contributed by atoms with Gasteiger partial charge in [0.1, 0.15) is 24.1 Å². The average molecular weight is 643 g/mol. The number of nitrogens with zero attached hydrogens (tertiary/aromatic N) is 2. The van der Waals surface area contributed by atoms with Crippen molar-refractivity contribution in [3.63, 3.8) is 0 Å². The van der Waals surface area contributed by atoms with Gasteiger partial charge in [0, 0.05) is 5.56 Å². The monoisotopic (exact) mass is 642 g/mol. The molecule has 0 radical (unpaired) electrons. The predicted octanol–water partition coefficient (Wildman–Crippen LogP) is 5.57. The van der Waals surface area contributed by atoms with Crippen molar-refractivity contribution in [3.05, 3.63) is 114 Å². The van der Waals surface area contributed by atoms with Crippen LogP contribution in [0.15, 0.2) is 87.8 Å². The molecule has 240 valence electrons. The first kappa shape index (κ1) is 32.6. The Balaban J connectivity index is 1.65. The summed E-state index contributed by atoms with van der Waals surface area (Å²) in [6.07, 6.45) is 3.09. The number of methoxy groups -OCH3 is 2. The van der Waals surface area contributed by atoms with Gasteiger partial charge in [-0.2, -0.15) is 0 Å². The number of ether oxygens (including phenoxy) is 5. The van der Waals surface area contributed by atoms with E-state index in [9.17, 15) is 9.59 Å². The summed E-state index contributed by atoms with van der Waals surface area (Å²) in [7, 11) is 3.12. The Morgan fingerprint density at radius 3 is 2.39 bits per heavy atom. The van der Waals surface area contributed by atoms with Gasteiger partial charge in [0.2, 0.25) is 0 Å². The summed E-state index contributed by atoms with van der Waals surface area (Å²) < 4.78 is 30.8. The number of fused-ring (bicyclic) bond motifs is 1. The molecule has 1 aliphatic rings. The maximum absolute atomic E-state index is 14.3. The first-order valence-corrected chi connectivity index (χ1v) is 16.1. The average Bonchev–Trinajstić information content (AvgIpc) is 3.38. The summed E-state index contributed by atoms with van der Waals surface area (Å²) in [6, 6.07) is 20.0. The number of carbonyl (C=O) groups excluding carboxylic acids is 1.